The van der Waals surface area contributed by atoms with Gasteiger partial charge in [0.2, 0.25) is 5.91 Å². The van der Waals surface area contributed by atoms with Crippen LogP contribution in [-0.2, 0) is 11.4 Å². The average Bonchev–Trinajstić information content (AvgIpc) is 2.93. The van der Waals surface area contributed by atoms with Crippen molar-refractivity contribution in [3.05, 3.63) is 71.8 Å². The zero-order valence-electron chi connectivity index (χ0n) is 20.3. The largest absolute Gasteiger partial charge is 0.494 e. The smallest absolute Gasteiger partial charge is 0.228 e. The normalized spacial score (nSPS) is 15.2. The van der Waals surface area contributed by atoms with E-state index in [0.29, 0.717) is 46.7 Å². The summed E-state index contributed by atoms with van der Waals surface area (Å²) >= 11 is 6.49. The molecule has 37 heavy (non-hydrogen) atoms. The molecular weight excluding hydrogens is 492 g/mol. The van der Waals surface area contributed by atoms with Gasteiger partial charge in [-0.1, -0.05) is 17.7 Å². The molecule has 2 aromatic heterocycles. The highest BCUT2D eigenvalue weighted by Crippen LogP contribution is 2.35. The molecule has 0 aliphatic carbocycles. The SMILES string of the molecule is COc1cc2ncnc(Nc3ccc(OCc4ccccn4)c(Cl)c3)c2cc1NC(=O)[C@@H]1CCCNC1. The van der Waals surface area contributed by atoms with Crippen molar-refractivity contribution in [3.63, 3.8) is 0 Å². The van der Waals surface area contributed by atoms with Crippen LogP contribution in [-0.4, -0.2) is 41.1 Å². The molecule has 1 aliphatic rings. The molecule has 9 nitrogen and oxygen atoms in total. The van der Waals surface area contributed by atoms with E-state index in [0.717, 1.165) is 36.2 Å². The number of piperidine rings is 1. The van der Waals surface area contributed by atoms with Gasteiger partial charge in [-0.3, -0.25) is 9.78 Å². The summed E-state index contributed by atoms with van der Waals surface area (Å²) in [5.74, 6) is 1.54. The average molecular weight is 519 g/mol. The minimum Gasteiger partial charge on any atom is -0.494 e. The van der Waals surface area contributed by atoms with E-state index in [1.165, 1.54) is 6.33 Å². The molecule has 3 heterocycles. The summed E-state index contributed by atoms with van der Waals surface area (Å²) in [6, 6.07) is 14.7. The molecular formula is C27H27ClN6O3. The summed E-state index contributed by atoms with van der Waals surface area (Å²) in [6.45, 7) is 1.92. The van der Waals surface area contributed by atoms with E-state index in [9.17, 15) is 4.79 Å². The van der Waals surface area contributed by atoms with Crippen molar-refractivity contribution in [3.8, 4) is 11.5 Å². The molecule has 10 heteroatoms. The van der Waals surface area contributed by atoms with Gasteiger partial charge < -0.3 is 25.4 Å². The summed E-state index contributed by atoms with van der Waals surface area (Å²) in [5, 5.41) is 10.8. The first-order valence-electron chi connectivity index (χ1n) is 12.0. The third-order valence-corrected chi connectivity index (χ3v) is 6.47. The van der Waals surface area contributed by atoms with E-state index < -0.39 is 0 Å². The molecule has 4 aromatic rings. The van der Waals surface area contributed by atoms with Crippen LogP contribution in [0.3, 0.4) is 0 Å². The summed E-state index contributed by atoms with van der Waals surface area (Å²) in [7, 11) is 1.57. The van der Waals surface area contributed by atoms with Crippen LogP contribution < -0.4 is 25.4 Å². The van der Waals surface area contributed by atoms with Gasteiger partial charge in [-0.25, -0.2) is 9.97 Å². The second-order valence-electron chi connectivity index (χ2n) is 8.70. The fourth-order valence-electron chi connectivity index (χ4n) is 4.23. The number of carbonyl (C=O) groups is 1. The van der Waals surface area contributed by atoms with E-state index in [2.05, 4.69) is 30.9 Å². The number of nitrogens with zero attached hydrogens (tertiary/aromatic N) is 3. The second-order valence-corrected chi connectivity index (χ2v) is 9.11. The van der Waals surface area contributed by atoms with Crippen molar-refractivity contribution in [2.24, 2.45) is 5.92 Å². The number of aromatic nitrogens is 3. The highest BCUT2D eigenvalue weighted by atomic mass is 35.5. The number of amides is 1. The monoisotopic (exact) mass is 518 g/mol. The van der Waals surface area contributed by atoms with Crippen molar-refractivity contribution in [1.82, 2.24) is 20.3 Å². The van der Waals surface area contributed by atoms with Crippen LogP contribution in [0.5, 0.6) is 11.5 Å². The Balaban J connectivity index is 1.36. The van der Waals surface area contributed by atoms with Crippen LogP contribution in [0.25, 0.3) is 10.9 Å². The Morgan fingerprint density at radius 2 is 2.05 bits per heavy atom. The Morgan fingerprint density at radius 3 is 2.81 bits per heavy atom. The lowest BCUT2D eigenvalue weighted by Crippen LogP contribution is -2.37. The molecule has 0 radical (unpaired) electrons. The van der Waals surface area contributed by atoms with Gasteiger partial charge in [0.15, 0.2) is 0 Å². The van der Waals surface area contributed by atoms with Crippen molar-refractivity contribution in [2.75, 3.05) is 30.8 Å². The predicted molar refractivity (Wildman–Crippen MR) is 144 cm³/mol. The van der Waals surface area contributed by atoms with E-state index in [1.54, 1.807) is 31.5 Å². The molecule has 0 saturated carbocycles. The third-order valence-electron chi connectivity index (χ3n) is 6.18. The topological polar surface area (TPSA) is 110 Å². The van der Waals surface area contributed by atoms with Gasteiger partial charge in [0.05, 0.1) is 34.9 Å². The Labute approximate surface area is 219 Å². The standard InChI is InChI=1S/C27H27ClN6O3/c1-36-25-13-22-20(12-23(25)34-27(35)17-5-4-9-29-14-17)26(32-16-31-22)33-18-7-8-24(21(28)11-18)37-15-19-6-2-3-10-30-19/h2-3,6-8,10-13,16-17,29H,4-5,9,14-15H2,1H3,(H,34,35)(H,31,32,33)/t17-/m1/s1. The Hall–Kier alpha value is -3.95. The van der Waals surface area contributed by atoms with Gasteiger partial charge in [0.1, 0.15) is 30.3 Å². The van der Waals surface area contributed by atoms with E-state index in [-0.39, 0.29) is 11.8 Å². The minimum atomic E-state index is -0.0840. The van der Waals surface area contributed by atoms with Crippen molar-refractivity contribution < 1.29 is 14.3 Å². The maximum absolute atomic E-state index is 12.9. The first kappa shape index (κ1) is 24.7. The molecule has 3 N–H and O–H groups in total. The lowest BCUT2D eigenvalue weighted by atomic mass is 9.98. The minimum absolute atomic E-state index is 0.0377. The molecule has 5 rings (SSSR count). The molecule has 1 aliphatic heterocycles. The molecule has 0 unspecified atom stereocenters. The van der Waals surface area contributed by atoms with Crippen LogP contribution in [0.1, 0.15) is 18.5 Å². The van der Waals surface area contributed by atoms with Gasteiger partial charge in [-0.2, -0.15) is 0 Å². The lowest BCUT2D eigenvalue weighted by molar-refractivity contribution is -0.120. The zero-order chi connectivity index (χ0) is 25.6. The van der Waals surface area contributed by atoms with Crippen LogP contribution in [0.4, 0.5) is 17.2 Å². The van der Waals surface area contributed by atoms with Gasteiger partial charge in [-0.15, -0.1) is 0 Å². The number of carbonyl (C=O) groups excluding carboxylic acids is 1. The Bertz CT molecular complexity index is 1400. The fraction of sp³-hybridized carbons (Fsp3) is 0.259. The number of anilines is 3. The van der Waals surface area contributed by atoms with Crippen molar-refractivity contribution >= 4 is 45.6 Å². The number of halogens is 1. The van der Waals surface area contributed by atoms with E-state index >= 15 is 0 Å². The number of methoxy groups -OCH3 is 1. The van der Waals surface area contributed by atoms with Gasteiger partial charge >= 0.3 is 0 Å². The summed E-state index contributed by atoms with van der Waals surface area (Å²) in [5.41, 5.74) is 2.78. The number of fused-ring (bicyclic) bond motifs is 1. The number of benzene rings is 2. The van der Waals surface area contributed by atoms with Crippen molar-refractivity contribution in [1.29, 1.82) is 0 Å². The molecule has 1 amide bonds. The quantitative estimate of drug-likeness (QED) is 0.300. The second kappa shape index (κ2) is 11.4. The van der Waals surface area contributed by atoms with Gasteiger partial charge in [-0.05, 0) is 55.8 Å². The van der Waals surface area contributed by atoms with E-state index in [1.807, 2.05) is 30.3 Å². The van der Waals surface area contributed by atoms with Crippen LogP contribution >= 0.6 is 11.6 Å². The highest BCUT2D eigenvalue weighted by Gasteiger charge is 2.22. The molecule has 1 fully saturated rings. The van der Waals surface area contributed by atoms with Gasteiger partial charge in [0.25, 0.3) is 0 Å². The number of ether oxygens (including phenoxy) is 2. The number of pyridine rings is 1. The number of rotatable bonds is 8. The summed E-state index contributed by atoms with van der Waals surface area (Å²) in [4.78, 5) is 25.9. The molecule has 1 saturated heterocycles. The molecule has 2 aromatic carbocycles. The number of nitrogens with one attached hydrogen (secondary N) is 3. The molecule has 0 spiro atoms. The first-order valence-corrected chi connectivity index (χ1v) is 12.4. The fourth-order valence-corrected chi connectivity index (χ4v) is 4.46. The Kier molecular flexibility index (Phi) is 7.62. The maximum Gasteiger partial charge on any atom is 0.228 e. The first-order chi connectivity index (χ1) is 18.1. The third kappa shape index (κ3) is 5.90. The van der Waals surface area contributed by atoms with Gasteiger partial charge in [0, 0.05) is 29.9 Å². The maximum atomic E-state index is 12.9. The Morgan fingerprint density at radius 1 is 1.14 bits per heavy atom. The predicted octanol–water partition coefficient (Wildman–Crippen LogP) is 4.95. The van der Waals surface area contributed by atoms with Crippen LogP contribution in [0.15, 0.2) is 61.1 Å². The molecule has 190 valence electrons. The van der Waals surface area contributed by atoms with Crippen LogP contribution in [0.2, 0.25) is 5.02 Å². The summed E-state index contributed by atoms with van der Waals surface area (Å²) in [6.07, 6.45) is 5.03. The van der Waals surface area contributed by atoms with Crippen LogP contribution in [0, 0.1) is 5.92 Å². The molecule has 0 bridgehead atoms. The number of hydrogen-bond donors (Lipinski definition) is 3. The highest BCUT2D eigenvalue weighted by molar-refractivity contribution is 6.32. The zero-order valence-corrected chi connectivity index (χ0v) is 21.1. The lowest BCUT2D eigenvalue weighted by Gasteiger charge is -2.22. The number of hydrogen-bond acceptors (Lipinski definition) is 8. The van der Waals surface area contributed by atoms with Crippen molar-refractivity contribution in [2.45, 2.75) is 19.4 Å². The van der Waals surface area contributed by atoms with E-state index in [4.69, 9.17) is 21.1 Å². The molecule has 1 atom stereocenters. The summed E-state index contributed by atoms with van der Waals surface area (Å²) < 4.78 is 11.4.